The molecule has 1 aromatic carbocycles. The van der Waals surface area contributed by atoms with E-state index in [-0.39, 0.29) is 51.2 Å². The van der Waals surface area contributed by atoms with Gasteiger partial charge in [-0.05, 0) is 37.8 Å². The van der Waals surface area contributed by atoms with E-state index in [1.807, 2.05) is 43.6 Å². The number of β-amino-alcohol motifs (C(OH)–C–C–N with tert-alkyl or cyclic N) is 1. The lowest BCUT2D eigenvalue weighted by molar-refractivity contribution is -0.128. The van der Waals surface area contributed by atoms with E-state index < -0.39 is 35.6 Å². The Labute approximate surface area is 249 Å². The van der Waals surface area contributed by atoms with Gasteiger partial charge in [-0.3, -0.25) is 14.5 Å². The predicted octanol–water partition coefficient (Wildman–Crippen LogP) is 2.12. The van der Waals surface area contributed by atoms with Gasteiger partial charge in [0, 0.05) is 31.7 Å². The van der Waals surface area contributed by atoms with E-state index in [1.165, 1.54) is 0 Å². The number of aromatic nitrogens is 1. The van der Waals surface area contributed by atoms with Crippen LogP contribution in [0.3, 0.4) is 0 Å². The summed E-state index contributed by atoms with van der Waals surface area (Å²) >= 11 is 1.58. The highest BCUT2D eigenvalue weighted by Crippen LogP contribution is 2.29. The fraction of sp³-hybridized carbons (Fsp3) is 0.552. The van der Waals surface area contributed by atoms with E-state index in [2.05, 4.69) is 20.9 Å². The van der Waals surface area contributed by atoms with Gasteiger partial charge in [0.05, 0.1) is 40.3 Å². The molecule has 5 N–H and O–H groups in total. The lowest BCUT2D eigenvalue weighted by atomic mass is 9.85. The molecule has 4 atom stereocenters. The summed E-state index contributed by atoms with van der Waals surface area (Å²) in [7, 11) is 0. The average molecular weight is 604 g/mol. The number of hydrogen-bond donors (Lipinski definition) is 5. The monoisotopic (exact) mass is 603 g/mol. The Morgan fingerprint density at radius 3 is 2.57 bits per heavy atom. The highest BCUT2D eigenvalue weighted by Gasteiger charge is 2.40. The Morgan fingerprint density at radius 2 is 1.95 bits per heavy atom. The van der Waals surface area contributed by atoms with Gasteiger partial charge in [0.2, 0.25) is 11.8 Å². The van der Waals surface area contributed by atoms with Crippen LogP contribution in [0.15, 0.2) is 29.8 Å². The number of amides is 3. The van der Waals surface area contributed by atoms with E-state index in [9.17, 15) is 24.3 Å². The number of hydrogen-bond acceptors (Lipinski definition) is 9. The van der Waals surface area contributed by atoms with Crippen molar-refractivity contribution >= 4 is 35.5 Å². The Hall–Kier alpha value is -3.39. The Balaban J connectivity index is 1.59. The third-order valence-electron chi connectivity index (χ3n) is 7.39. The van der Waals surface area contributed by atoms with Gasteiger partial charge in [-0.2, -0.15) is 0 Å². The molecule has 1 aliphatic heterocycles. The molecule has 1 aliphatic rings. The maximum atomic E-state index is 13.4. The van der Waals surface area contributed by atoms with E-state index in [0.717, 1.165) is 28.0 Å². The van der Waals surface area contributed by atoms with Gasteiger partial charge in [-0.1, -0.05) is 38.1 Å². The first kappa shape index (κ1) is 33.1. The molecule has 3 amide bonds. The Morgan fingerprint density at radius 1 is 1.24 bits per heavy atom. The minimum absolute atomic E-state index is 0.173. The van der Waals surface area contributed by atoms with Gasteiger partial charge in [0.15, 0.2) is 0 Å². The van der Waals surface area contributed by atoms with E-state index in [4.69, 9.17) is 9.84 Å². The molecule has 0 aliphatic carbocycles. The van der Waals surface area contributed by atoms with Gasteiger partial charge >= 0.3 is 6.09 Å². The Kier molecular flexibility index (Phi) is 12.0. The standard InChI is InChI=1S/C29H41N5O7S/c1-18(20-6-8-21(9-7-20)26-19(2)31-17-42-26)32-27(38)23-12-22(36)13-34(23)14-24(29(3,4)16-35)33-25(37)15-41-11-5-10-30-28(39)40/h6-9,16-18,22-24,30,36H,5,10-15H2,1-4H3,(H,32,38)(H,33,37)(H,39,40)/t18-,22+,23-,24+/m0/s1. The SMILES string of the molecule is Cc1ncsc1-c1ccc([C@H](C)NC(=O)[C@@H]2C[C@@H](O)CN2C[C@@H](NC(=O)COCCCNC(=O)O)C(C)(C)C=O)cc1. The topological polar surface area (TPSA) is 170 Å². The lowest BCUT2D eigenvalue weighted by Gasteiger charge is -2.35. The molecular formula is C29H41N5O7S. The second-order valence-corrected chi connectivity index (χ2v) is 12.0. The zero-order valence-corrected chi connectivity index (χ0v) is 25.3. The van der Waals surface area contributed by atoms with Crippen LogP contribution in [-0.4, -0.2) is 95.3 Å². The van der Waals surface area contributed by atoms with Gasteiger partial charge in [0.1, 0.15) is 12.9 Å². The zero-order valence-electron chi connectivity index (χ0n) is 24.5. The smallest absolute Gasteiger partial charge is 0.404 e. The van der Waals surface area contributed by atoms with Crippen LogP contribution in [0, 0.1) is 12.3 Å². The van der Waals surface area contributed by atoms with Crippen molar-refractivity contribution in [3.8, 4) is 10.4 Å². The fourth-order valence-electron chi connectivity index (χ4n) is 4.80. The number of carboxylic acid groups (broad SMARTS) is 1. The number of aliphatic hydroxyl groups is 1. The normalized spacial score (nSPS) is 18.7. The molecule has 13 heteroatoms. The molecule has 3 rings (SSSR count). The summed E-state index contributed by atoms with van der Waals surface area (Å²) in [6.45, 7) is 7.79. The van der Waals surface area contributed by atoms with E-state index in [0.29, 0.717) is 6.42 Å². The molecule has 2 heterocycles. The van der Waals surface area contributed by atoms with Crippen LogP contribution in [0.1, 0.15) is 50.9 Å². The third-order valence-corrected chi connectivity index (χ3v) is 8.37. The molecule has 2 aromatic rings. The number of likely N-dealkylation sites (tertiary alicyclic amines) is 1. The number of nitrogens with one attached hydrogen (secondary N) is 3. The molecule has 1 saturated heterocycles. The van der Waals surface area contributed by atoms with Crippen LogP contribution in [-0.2, 0) is 19.1 Å². The van der Waals surface area contributed by atoms with Crippen molar-refractivity contribution in [2.75, 3.05) is 32.8 Å². The number of benzene rings is 1. The van der Waals surface area contributed by atoms with E-state index >= 15 is 0 Å². The molecule has 0 radical (unpaired) electrons. The minimum Gasteiger partial charge on any atom is -0.465 e. The number of aldehydes is 1. The summed E-state index contributed by atoms with van der Waals surface area (Å²) in [6.07, 6.45) is -0.456. The maximum Gasteiger partial charge on any atom is 0.404 e. The zero-order chi connectivity index (χ0) is 30.9. The summed E-state index contributed by atoms with van der Waals surface area (Å²) < 4.78 is 5.34. The molecular weight excluding hydrogens is 562 g/mol. The van der Waals surface area contributed by atoms with Crippen molar-refractivity contribution in [3.05, 3.63) is 41.0 Å². The van der Waals surface area contributed by atoms with Crippen LogP contribution in [0.4, 0.5) is 4.79 Å². The van der Waals surface area contributed by atoms with Crippen LogP contribution >= 0.6 is 11.3 Å². The number of aliphatic hydroxyl groups excluding tert-OH is 1. The minimum atomic E-state index is -1.13. The first-order valence-corrected chi connectivity index (χ1v) is 14.8. The molecule has 0 saturated carbocycles. The van der Waals surface area contributed by atoms with E-state index in [1.54, 1.807) is 30.1 Å². The van der Waals surface area contributed by atoms with Gasteiger partial charge in [-0.25, -0.2) is 9.78 Å². The number of aryl methyl sites for hydroxylation is 1. The quantitative estimate of drug-likeness (QED) is 0.151. The number of carbonyl (C=O) groups excluding carboxylic acids is 3. The van der Waals surface area contributed by atoms with Crippen molar-refractivity contribution in [1.82, 2.24) is 25.8 Å². The number of nitrogens with zero attached hydrogens (tertiary/aromatic N) is 2. The number of thiazole rings is 1. The van der Waals surface area contributed by atoms with Crippen LogP contribution in [0.5, 0.6) is 0 Å². The van der Waals surface area contributed by atoms with Gasteiger partial charge in [-0.15, -0.1) is 11.3 Å². The molecule has 0 unspecified atom stereocenters. The van der Waals surface area contributed by atoms with Crippen LogP contribution in [0.25, 0.3) is 10.4 Å². The number of carbonyl (C=O) groups is 4. The van der Waals surface area contributed by atoms with Crippen molar-refractivity contribution in [2.45, 2.75) is 64.8 Å². The largest absolute Gasteiger partial charge is 0.465 e. The summed E-state index contributed by atoms with van der Waals surface area (Å²) in [4.78, 5) is 55.6. The summed E-state index contributed by atoms with van der Waals surface area (Å²) in [5.41, 5.74) is 3.83. The van der Waals surface area contributed by atoms with Crippen molar-refractivity contribution in [3.63, 3.8) is 0 Å². The molecule has 230 valence electrons. The second kappa shape index (κ2) is 15.2. The summed E-state index contributed by atoms with van der Waals surface area (Å²) in [6, 6.07) is 6.40. The Bertz CT molecular complexity index is 1220. The van der Waals surface area contributed by atoms with Crippen LogP contribution < -0.4 is 16.0 Å². The van der Waals surface area contributed by atoms with Gasteiger partial charge in [0.25, 0.3) is 0 Å². The molecule has 42 heavy (non-hydrogen) atoms. The molecule has 1 fully saturated rings. The predicted molar refractivity (Wildman–Crippen MR) is 158 cm³/mol. The molecule has 1 aromatic heterocycles. The van der Waals surface area contributed by atoms with Crippen LogP contribution in [0.2, 0.25) is 0 Å². The number of rotatable bonds is 15. The highest BCUT2D eigenvalue weighted by molar-refractivity contribution is 7.13. The lowest BCUT2D eigenvalue weighted by Crippen LogP contribution is -2.55. The summed E-state index contributed by atoms with van der Waals surface area (Å²) in [5.74, 6) is -0.679. The molecule has 0 spiro atoms. The van der Waals surface area contributed by atoms with Gasteiger partial charge < -0.3 is 35.7 Å². The molecule has 12 nitrogen and oxygen atoms in total. The average Bonchev–Trinajstić information content (AvgIpc) is 3.54. The third kappa shape index (κ3) is 9.31. The highest BCUT2D eigenvalue weighted by atomic mass is 32.1. The fourth-order valence-corrected chi connectivity index (χ4v) is 5.61. The number of ether oxygens (including phenoxy) is 1. The molecule has 0 bridgehead atoms. The summed E-state index contributed by atoms with van der Waals surface area (Å²) in [5, 5.41) is 27.2. The van der Waals surface area contributed by atoms with Crippen molar-refractivity contribution < 1.29 is 34.1 Å². The maximum absolute atomic E-state index is 13.4. The van der Waals surface area contributed by atoms with Crippen molar-refractivity contribution in [1.29, 1.82) is 0 Å². The second-order valence-electron chi connectivity index (χ2n) is 11.2. The van der Waals surface area contributed by atoms with Crippen molar-refractivity contribution in [2.24, 2.45) is 5.41 Å². The first-order chi connectivity index (χ1) is 19.9. The first-order valence-electron chi connectivity index (χ1n) is 13.9.